The van der Waals surface area contributed by atoms with Crippen LogP contribution in [0.25, 0.3) is 0 Å². The van der Waals surface area contributed by atoms with Gasteiger partial charge in [0.25, 0.3) is 0 Å². The second-order valence-electron chi connectivity index (χ2n) is 7.03. The first kappa shape index (κ1) is 17.6. The number of anilines is 1. The van der Waals surface area contributed by atoms with E-state index in [4.69, 9.17) is 4.74 Å². The normalized spacial score (nSPS) is 26.4. The van der Waals surface area contributed by atoms with Gasteiger partial charge in [-0.15, -0.1) is 0 Å². The molecule has 24 heavy (non-hydrogen) atoms. The van der Waals surface area contributed by atoms with Gasteiger partial charge >= 0.3 is 0 Å². The average molecular weight is 336 g/mol. The average Bonchev–Trinajstić information content (AvgIpc) is 2.62. The van der Waals surface area contributed by atoms with Gasteiger partial charge in [-0.05, 0) is 43.4 Å². The summed E-state index contributed by atoms with van der Waals surface area (Å²) in [5.41, 5.74) is 1.63. The van der Waals surface area contributed by atoms with Gasteiger partial charge in [-0.2, -0.15) is 0 Å². The molecule has 1 aliphatic heterocycles. The number of nitrogens with zero attached hydrogens (tertiary/aromatic N) is 1. The van der Waals surface area contributed by atoms with Gasteiger partial charge in [0.1, 0.15) is 5.82 Å². The van der Waals surface area contributed by atoms with E-state index in [-0.39, 0.29) is 18.5 Å². The van der Waals surface area contributed by atoms with E-state index in [1.807, 2.05) is 17.0 Å². The van der Waals surface area contributed by atoms with Crippen LogP contribution in [0.15, 0.2) is 18.2 Å². The maximum atomic E-state index is 14.6. The van der Waals surface area contributed by atoms with E-state index in [1.54, 1.807) is 6.07 Å². The third-order valence-corrected chi connectivity index (χ3v) is 5.43. The second-order valence-corrected chi connectivity index (χ2v) is 7.03. The van der Waals surface area contributed by atoms with Crippen LogP contribution >= 0.6 is 0 Å². The van der Waals surface area contributed by atoms with Crippen molar-refractivity contribution < 1.29 is 14.2 Å². The fourth-order valence-corrected chi connectivity index (χ4v) is 3.92. The predicted octanol–water partition coefficient (Wildman–Crippen LogP) is 2.86. The number of hydrogen-bond acceptors (Lipinski definition) is 4. The number of hydrogen-bond donors (Lipinski definition) is 2. The zero-order chi connectivity index (χ0) is 16.9. The molecule has 4 nitrogen and oxygen atoms in total. The van der Waals surface area contributed by atoms with Gasteiger partial charge in [-0.3, -0.25) is 0 Å². The Morgan fingerprint density at radius 3 is 2.75 bits per heavy atom. The number of rotatable bonds is 5. The van der Waals surface area contributed by atoms with E-state index in [0.717, 1.165) is 31.5 Å². The topological polar surface area (TPSA) is 44.7 Å². The van der Waals surface area contributed by atoms with E-state index < -0.39 is 0 Å². The standard InChI is InChI=1S/C19H29FN2O2/c1-14(21-18-5-3-2-4-16(18)13-23)15-6-7-19(17(20)12-15)22-8-10-24-11-9-22/h6-7,12,14,16,18,21,23H,2-5,8-11,13H2,1H3. The molecule has 3 rings (SSSR count). The minimum atomic E-state index is -0.162. The molecular weight excluding hydrogens is 307 g/mol. The smallest absolute Gasteiger partial charge is 0.146 e. The number of morpholine rings is 1. The highest BCUT2D eigenvalue weighted by molar-refractivity contribution is 5.49. The highest BCUT2D eigenvalue weighted by Gasteiger charge is 2.26. The van der Waals surface area contributed by atoms with Crippen molar-refractivity contribution in [1.29, 1.82) is 0 Å². The molecule has 1 saturated heterocycles. The molecule has 3 atom stereocenters. The maximum Gasteiger partial charge on any atom is 0.146 e. The van der Waals surface area contributed by atoms with Gasteiger partial charge in [0.05, 0.1) is 18.9 Å². The number of ether oxygens (including phenoxy) is 1. The van der Waals surface area contributed by atoms with E-state index in [0.29, 0.717) is 30.9 Å². The van der Waals surface area contributed by atoms with Crippen molar-refractivity contribution in [3.8, 4) is 0 Å². The van der Waals surface area contributed by atoms with Crippen molar-refractivity contribution in [1.82, 2.24) is 5.32 Å². The summed E-state index contributed by atoms with van der Waals surface area (Å²) < 4.78 is 19.9. The zero-order valence-corrected chi connectivity index (χ0v) is 14.5. The Kier molecular flexibility index (Phi) is 6.09. The Hall–Kier alpha value is -1.17. The van der Waals surface area contributed by atoms with E-state index in [2.05, 4.69) is 12.2 Å². The summed E-state index contributed by atoms with van der Waals surface area (Å²) in [5.74, 6) is 0.157. The molecule has 1 saturated carbocycles. The third kappa shape index (κ3) is 4.08. The lowest BCUT2D eigenvalue weighted by Gasteiger charge is -2.34. The summed E-state index contributed by atoms with van der Waals surface area (Å²) in [6.45, 7) is 5.10. The SMILES string of the molecule is CC(NC1CCCCC1CO)c1ccc(N2CCOCC2)c(F)c1. The van der Waals surface area contributed by atoms with Crippen LogP contribution in [0, 0.1) is 11.7 Å². The Bertz CT molecular complexity index is 534. The molecule has 0 bridgehead atoms. The third-order valence-electron chi connectivity index (χ3n) is 5.43. The van der Waals surface area contributed by atoms with Gasteiger partial charge in [-0.25, -0.2) is 4.39 Å². The molecule has 2 aliphatic rings. The highest BCUT2D eigenvalue weighted by Crippen LogP contribution is 2.28. The lowest BCUT2D eigenvalue weighted by atomic mass is 9.84. The van der Waals surface area contributed by atoms with Crippen LogP contribution in [-0.4, -0.2) is 44.1 Å². The Labute approximate surface area is 144 Å². The quantitative estimate of drug-likeness (QED) is 0.868. The molecular formula is C19H29FN2O2. The fourth-order valence-electron chi connectivity index (χ4n) is 3.92. The molecule has 0 spiro atoms. The predicted molar refractivity (Wildman–Crippen MR) is 93.8 cm³/mol. The number of benzene rings is 1. The number of aliphatic hydroxyl groups is 1. The maximum absolute atomic E-state index is 14.6. The summed E-state index contributed by atoms with van der Waals surface area (Å²) in [6, 6.07) is 5.95. The van der Waals surface area contributed by atoms with Crippen molar-refractivity contribution in [3.63, 3.8) is 0 Å². The minimum absolute atomic E-state index is 0.0791. The van der Waals surface area contributed by atoms with Crippen molar-refractivity contribution in [2.45, 2.75) is 44.7 Å². The molecule has 1 aromatic rings. The Morgan fingerprint density at radius 1 is 1.29 bits per heavy atom. The molecule has 2 N–H and O–H groups in total. The van der Waals surface area contributed by atoms with Crippen LogP contribution in [0.3, 0.4) is 0 Å². The summed E-state index contributed by atoms with van der Waals surface area (Å²) in [6.07, 6.45) is 4.56. The van der Waals surface area contributed by atoms with Crippen LogP contribution in [0.1, 0.15) is 44.2 Å². The largest absolute Gasteiger partial charge is 0.396 e. The lowest BCUT2D eigenvalue weighted by Crippen LogP contribution is -2.41. The van der Waals surface area contributed by atoms with Gasteiger partial charge in [0.2, 0.25) is 0 Å². The zero-order valence-electron chi connectivity index (χ0n) is 14.5. The molecule has 1 aromatic carbocycles. The van der Waals surface area contributed by atoms with E-state index in [1.165, 1.54) is 12.8 Å². The van der Waals surface area contributed by atoms with E-state index >= 15 is 0 Å². The Balaban J connectivity index is 1.66. The molecule has 5 heteroatoms. The summed E-state index contributed by atoms with van der Waals surface area (Å²) in [5, 5.41) is 13.2. The van der Waals surface area contributed by atoms with Crippen molar-refractivity contribution in [2.75, 3.05) is 37.8 Å². The Morgan fingerprint density at radius 2 is 2.04 bits per heavy atom. The first-order chi connectivity index (χ1) is 11.7. The van der Waals surface area contributed by atoms with Crippen LogP contribution in [0.2, 0.25) is 0 Å². The van der Waals surface area contributed by atoms with Crippen LogP contribution in [0.5, 0.6) is 0 Å². The minimum Gasteiger partial charge on any atom is -0.396 e. The fraction of sp³-hybridized carbons (Fsp3) is 0.684. The first-order valence-electron chi connectivity index (χ1n) is 9.18. The second kappa shape index (κ2) is 8.28. The summed E-state index contributed by atoms with van der Waals surface area (Å²) in [7, 11) is 0. The lowest BCUT2D eigenvalue weighted by molar-refractivity contribution is 0.122. The monoisotopic (exact) mass is 336 g/mol. The summed E-state index contributed by atoms with van der Waals surface area (Å²) >= 11 is 0. The van der Waals surface area contributed by atoms with Gasteiger partial charge in [-0.1, -0.05) is 18.9 Å². The highest BCUT2D eigenvalue weighted by atomic mass is 19.1. The van der Waals surface area contributed by atoms with Crippen molar-refractivity contribution in [3.05, 3.63) is 29.6 Å². The van der Waals surface area contributed by atoms with Crippen molar-refractivity contribution in [2.24, 2.45) is 5.92 Å². The van der Waals surface area contributed by atoms with Crippen LogP contribution in [0.4, 0.5) is 10.1 Å². The van der Waals surface area contributed by atoms with Gasteiger partial charge in [0.15, 0.2) is 0 Å². The first-order valence-corrected chi connectivity index (χ1v) is 9.18. The number of aliphatic hydroxyl groups excluding tert-OH is 1. The van der Waals surface area contributed by atoms with Crippen LogP contribution in [-0.2, 0) is 4.74 Å². The molecule has 2 fully saturated rings. The van der Waals surface area contributed by atoms with E-state index in [9.17, 15) is 9.50 Å². The summed E-state index contributed by atoms with van der Waals surface area (Å²) in [4.78, 5) is 2.05. The molecule has 0 aromatic heterocycles. The number of nitrogens with one attached hydrogen (secondary N) is 1. The number of halogens is 1. The van der Waals surface area contributed by atoms with Crippen LogP contribution < -0.4 is 10.2 Å². The molecule has 3 unspecified atom stereocenters. The molecule has 1 heterocycles. The molecule has 1 aliphatic carbocycles. The molecule has 134 valence electrons. The molecule has 0 radical (unpaired) electrons. The van der Waals surface area contributed by atoms with Gasteiger partial charge < -0.3 is 20.1 Å². The van der Waals surface area contributed by atoms with Gasteiger partial charge in [0, 0.05) is 31.8 Å². The molecule has 0 amide bonds. The van der Waals surface area contributed by atoms with Crippen molar-refractivity contribution >= 4 is 5.69 Å².